The van der Waals surface area contributed by atoms with Crippen molar-refractivity contribution >= 4 is 11.9 Å². The molecule has 2 saturated heterocycles. The van der Waals surface area contributed by atoms with E-state index in [0.29, 0.717) is 12.0 Å². The Kier molecular flexibility index (Phi) is 5.94. The van der Waals surface area contributed by atoms with Crippen LogP contribution in [0.2, 0.25) is 0 Å². The molecule has 0 spiro atoms. The maximum absolute atomic E-state index is 11.8. The average Bonchev–Trinajstić information content (AvgIpc) is 3.29. The molecule has 1 amide bonds. The number of carbonyl (C=O) groups excluding carboxylic acids is 1. The van der Waals surface area contributed by atoms with E-state index >= 15 is 0 Å². The number of likely N-dealkylation sites (tertiary alicyclic amines) is 1. The molecule has 2 aliphatic heterocycles. The molecular formula is C17H31N5O2. The lowest BCUT2D eigenvalue weighted by atomic mass is 10.1. The van der Waals surface area contributed by atoms with Gasteiger partial charge in [-0.2, -0.15) is 0 Å². The van der Waals surface area contributed by atoms with Crippen molar-refractivity contribution in [3.05, 3.63) is 0 Å². The molecular weight excluding hydrogens is 306 g/mol. The number of nitrogens with zero attached hydrogens (tertiary/aromatic N) is 4. The van der Waals surface area contributed by atoms with Gasteiger partial charge in [-0.15, -0.1) is 0 Å². The third-order valence-corrected chi connectivity index (χ3v) is 4.98. The molecule has 1 N–H and O–H groups in total. The van der Waals surface area contributed by atoms with Crippen molar-refractivity contribution in [2.24, 2.45) is 10.9 Å². The van der Waals surface area contributed by atoms with Crippen LogP contribution in [0.5, 0.6) is 0 Å². The van der Waals surface area contributed by atoms with E-state index < -0.39 is 0 Å². The summed E-state index contributed by atoms with van der Waals surface area (Å²) in [6.45, 7) is 7.26. The van der Waals surface area contributed by atoms with Crippen LogP contribution >= 0.6 is 0 Å². The SMILES string of the molecule is CN(C)C(=O)CN=C(NC1CC1)N1CCC(CN2CCOCC2)C1. The summed E-state index contributed by atoms with van der Waals surface area (Å²) in [6.07, 6.45) is 3.63. The Hall–Kier alpha value is -1.34. The number of guanidine groups is 1. The van der Waals surface area contributed by atoms with E-state index in [0.717, 1.165) is 51.9 Å². The Morgan fingerprint density at radius 1 is 1.21 bits per heavy atom. The Morgan fingerprint density at radius 2 is 1.96 bits per heavy atom. The van der Waals surface area contributed by atoms with Gasteiger partial charge in [0.1, 0.15) is 6.54 Å². The predicted molar refractivity (Wildman–Crippen MR) is 94.1 cm³/mol. The number of hydrogen-bond donors (Lipinski definition) is 1. The lowest BCUT2D eigenvalue weighted by Gasteiger charge is -2.29. The summed E-state index contributed by atoms with van der Waals surface area (Å²) in [5, 5.41) is 3.52. The standard InChI is InChI=1S/C17H31N5O2/c1-20(2)16(23)11-18-17(19-15-3-4-15)22-6-5-14(13-22)12-21-7-9-24-10-8-21/h14-15H,3-13H2,1-2H3,(H,18,19). The number of carbonyl (C=O) groups is 1. The quantitative estimate of drug-likeness (QED) is 0.558. The molecule has 0 bridgehead atoms. The zero-order valence-electron chi connectivity index (χ0n) is 15.0. The van der Waals surface area contributed by atoms with Gasteiger partial charge in [0.2, 0.25) is 5.91 Å². The van der Waals surface area contributed by atoms with E-state index in [2.05, 4.69) is 20.1 Å². The summed E-state index contributed by atoms with van der Waals surface area (Å²) in [6, 6.07) is 0.552. The summed E-state index contributed by atoms with van der Waals surface area (Å²) in [5.74, 6) is 1.66. The molecule has 0 aromatic heterocycles. The van der Waals surface area contributed by atoms with Gasteiger partial charge in [0.05, 0.1) is 13.2 Å². The molecule has 0 aromatic rings. The van der Waals surface area contributed by atoms with Crippen molar-refractivity contribution in [3.63, 3.8) is 0 Å². The second kappa shape index (κ2) is 8.16. The Morgan fingerprint density at radius 3 is 2.62 bits per heavy atom. The molecule has 136 valence electrons. The van der Waals surface area contributed by atoms with Crippen LogP contribution in [0.1, 0.15) is 19.3 Å². The highest BCUT2D eigenvalue weighted by molar-refractivity contribution is 5.85. The molecule has 1 atom stereocenters. The third kappa shape index (κ3) is 5.08. The first-order valence-corrected chi connectivity index (χ1v) is 9.18. The van der Waals surface area contributed by atoms with Crippen LogP contribution < -0.4 is 5.32 Å². The minimum Gasteiger partial charge on any atom is -0.379 e. The van der Waals surface area contributed by atoms with E-state index in [1.54, 1.807) is 19.0 Å². The first-order valence-electron chi connectivity index (χ1n) is 9.18. The Labute approximate surface area is 145 Å². The average molecular weight is 337 g/mol. The van der Waals surface area contributed by atoms with Gasteiger partial charge < -0.3 is 19.9 Å². The monoisotopic (exact) mass is 337 g/mol. The largest absolute Gasteiger partial charge is 0.379 e. The normalized spacial score (nSPS) is 25.8. The number of hydrogen-bond acceptors (Lipinski definition) is 4. The number of aliphatic imine (C=N–C) groups is 1. The minimum absolute atomic E-state index is 0.0501. The van der Waals surface area contributed by atoms with E-state index in [4.69, 9.17) is 4.74 Å². The van der Waals surface area contributed by atoms with Crippen LogP contribution in [0, 0.1) is 5.92 Å². The lowest BCUT2D eigenvalue weighted by Crippen LogP contribution is -2.43. The van der Waals surface area contributed by atoms with E-state index in [-0.39, 0.29) is 12.5 Å². The molecule has 3 fully saturated rings. The van der Waals surface area contributed by atoms with Crippen LogP contribution in [0.15, 0.2) is 4.99 Å². The number of nitrogens with one attached hydrogen (secondary N) is 1. The van der Waals surface area contributed by atoms with E-state index in [1.807, 2.05) is 0 Å². The van der Waals surface area contributed by atoms with Crippen molar-refractivity contribution in [3.8, 4) is 0 Å². The van der Waals surface area contributed by atoms with Gasteiger partial charge >= 0.3 is 0 Å². The van der Waals surface area contributed by atoms with Gasteiger partial charge in [-0.1, -0.05) is 0 Å². The van der Waals surface area contributed by atoms with Crippen molar-refractivity contribution in [2.75, 3.05) is 66.6 Å². The number of amides is 1. The molecule has 0 aromatic carbocycles. The highest BCUT2D eigenvalue weighted by atomic mass is 16.5. The highest BCUT2D eigenvalue weighted by Gasteiger charge is 2.30. The summed E-state index contributed by atoms with van der Waals surface area (Å²) < 4.78 is 5.43. The fraction of sp³-hybridized carbons (Fsp3) is 0.882. The highest BCUT2D eigenvalue weighted by Crippen LogP contribution is 2.22. The lowest BCUT2D eigenvalue weighted by molar-refractivity contribution is -0.127. The molecule has 1 saturated carbocycles. The van der Waals surface area contributed by atoms with Crippen LogP contribution in [0.3, 0.4) is 0 Å². The van der Waals surface area contributed by atoms with Gasteiger partial charge in [0.15, 0.2) is 5.96 Å². The van der Waals surface area contributed by atoms with Crippen molar-refractivity contribution in [1.82, 2.24) is 20.0 Å². The van der Waals surface area contributed by atoms with Crippen LogP contribution in [-0.2, 0) is 9.53 Å². The zero-order valence-corrected chi connectivity index (χ0v) is 15.0. The summed E-state index contributed by atoms with van der Waals surface area (Å²) in [5.41, 5.74) is 0. The Balaban J connectivity index is 1.52. The van der Waals surface area contributed by atoms with E-state index in [9.17, 15) is 4.79 Å². The molecule has 7 heteroatoms. The first-order chi connectivity index (χ1) is 11.6. The second-order valence-electron chi connectivity index (χ2n) is 7.36. The summed E-state index contributed by atoms with van der Waals surface area (Å²) in [7, 11) is 3.56. The number of rotatable bonds is 5. The maximum atomic E-state index is 11.8. The molecule has 2 heterocycles. The molecule has 24 heavy (non-hydrogen) atoms. The maximum Gasteiger partial charge on any atom is 0.243 e. The molecule has 3 rings (SSSR count). The fourth-order valence-electron chi connectivity index (χ4n) is 3.25. The molecule has 1 unspecified atom stereocenters. The summed E-state index contributed by atoms with van der Waals surface area (Å²) >= 11 is 0. The predicted octanol–water partition coefficient (Wildman–Crippen LogP) is -0.163. The van der Waals surface area contributed by atoms with Gasteiger partial charge in [0.25, 0.3) is 0 Å². The third-order valence-electron chi connectivity index (χ3n) is 4.98. The second-order valence-corrected chi connectivity index (χ2v) is 7.36. The molecule has 1 aliphatic carbocycles. The van der Waals surface area contributed by atoms with Crippen LogP contribution in [0.25, 0.3) is 0 Å². The number of morpholine rings is 1. The van der Waals surface area contributed by atoms with Crippen molar-refractivity contribution < 1.29 is 9.53 Å². The van der Waals surface area contributed by atoms with Crippen molar-refractivity contribution in [1.29, 1.82) is 0 Å². The van der Waals surface area contributed by atoms with Crippen LogP contribution in [-0.4, -0.2) is 99.2 Å². The van der Waals surface area contributed by atoms with Gasteiger partial charge in [-0.25, -0.2) is 4.99 Å². The zero-order chi connectivity index (χ0) is 16.9. The number of likely N-dealkylation sites (N-methyl/N-ethyl adjacent to an activating group) is 1. The molecule has 0 radical (unpaired) electrons. The summed E-state index contributed by atoms with van der Waals surface area (Å²) in [4.78, 5) is 22.9. The van der Waals surface area contributed by atoms with E-state index in [1.165, 1.54) is 19.3 Å². The first kappa shape index (κ1) is 17.5. The topological polar surface area (TPSA) is 60.4 Å². The van der Waals surface area contributed by atoms with Crippen LogP contribution in [0.4, 0.5) is 0 Å². The Bertz CT molecular complexity index is 458. The fourth-order valence-corrected chi connectivity index (χ4v) is 3.25. The number of ether oxygens (including phenoxy) is 1. The van der Waals surface area contributed by atoms with Gasteiger partial charge in [-0.05, 0) is 25.2 Å². The van der Waals surface area contributed by atoms with Gasteiger partial charge in [-0.3, -0.25) is 9.69 Å². The minimum atomic E-state index is 0.0501. The van der Waals surface area contributed by atoms with Gasteiger partial charge in [0, 0.05) is 52.9 Å². The molecule has 3 aliphatic rings. The van der Waals surface area contributed by atoms with Crippen molar-refractivity contribution in [2.45, 2.75) is 25.3 Å². The smallest absolute Gasteiger partial charge is 0.243 e. The molecule has 7 nitrogen and oxygen atoms in total.